The zero-order chi connectivity index (χ0) is 15.5. The molecule has 0 atom stereocenters. The number of nitrogens with one attached hydrogen (secondary N) is 1. The van der Waals surface area contributed by atoms with E-state index in [1.165, 1.54) is 4.90 Å². The number of rotatable bonds is 3. The molecule has 2 nitrogen and oxygen atoms in total. The maximum atomic E-state index is 12.8. The fourth-order valence-corrected chi connectivity index (χ4v) is 3.91. The summed E-state index contributed by atoms with van der Waals surface area (Å²) in [7, 11) is 0. The van der Waals surface area contributed by atoms with Crippen molar-refractivity contribution >= 4 is 40.6 Å². The van der Waals surface area contributed by atoms with Gasteiger partial charge in [-0.25, -0.2) is 0 Å². The third-order valence-corrected chi connectivity index (χ3v) is 5.41. The largest absolute Gasteiger partial charge is 0.325 e. The number of quaternary nitrogens is 1. The first-order valence-electron chi connectivity index (χ1n) is 7.48. The van der Waals surface area contributed by atoms with Crippen LogP contribution in [0.2, 0.25) is 0 Å². The molecule has 0 amide bonds. The number of likely N-dealkylation sites (tertiary alicyclic amines) is 1. The molecule has 4 heteroatoms. The SMILES string of the molecule is CC(C)[NH+]1CC(=Cc2ccsc2)C(=O)C(=Cc2ccsc2)C1. The van der Waals surface area contributed by atoms with Crippen LogP contribution in [0.4, 0.5) is 0 Å². The van der Waals surface area contributed by atoms with Crippen LogP contribution in [0, 0.1) is 0 Å². The highest BCUT2D eigenvalue weighted by atomic mass is 32.1. The van der Waals surface area contributed by atoms with Gasteiger partial charge in [-0.1, -0.05) is 0 Å². The second-order valence-corrected chi connectivity index (χ2v) is 7.51. The van der Waals surface area contributed by atoms with Gasteiger partial charge in [0.2, 0.25) is 0 Å². The Labute approximate surface area is 139 Å². The van der Waals surface area contributed by atoms with Crippen molar-refractivity contribution in [2.75, 3.05) is 13.1 Å². The molecule has 22 heavy (non-hydrogen) atoms. The topological polar surface area (TPSA) is 21.5 Å². The minimum atomic E-state index is 0.210. The number of Topliss-reactive ketones (excluding diaryl/α,β-unsaturated/α-hetero) is 1. The smallest absolute Gasteiger partial charge is 0.196 e. The third-order valence-electron chi connectivity index (χ3n) is 4.00. The van der Waals surface area contributed by atoms with Crippen molar-refractivity contribution in [3.8, 4) is 0 Å². The molecular weight excluding hydrogens is 310 g/mol. The summed E-state index contributed by atoms with van der Waals surface area (Å²) in [6.45, 7) is 6.06. The highest BCUT2D eigenvalue weighted by molar-refractivity contribution is 7.08. The minimum absolute atomic E-state index is 0.210. The Morgan fingerprint density at radius 3 is 1.86 bits per heavy atom. The van der Waals surface area contributed by atoms with Gasteiger partial charge in [-0.05, 0) is 70.8 Å². The molecule has 0 radical (unpaired) electrons. The van der Waals surface area contributed by atoms with Crippen LogP contribution in [0.3, 0.4) is 0 Å². The summed E-state index contributed by atoms with van der Waals surface area (Å²) in [6, 6.07) is 4.64. The van der Waals surface area contributed by atoms with E-state index in [9.17, 15) is 4.79 Å². The summed E-state index contributed by atoms with van der Waals surface area (Å²) < 4.78 is 0. The normalized spacial score (nSPS) is 22.9. The van der Waals surface area contributed by atoms with Crippen molar-refractivity contribution in [3.05, 3.63) is 55.9 Å². The predicted molar refractivity (Wildman–Crippen MR) is 95.4 cm³/mol. The highest BCUT2D eigenvalue weighted by Gasteiger charge is 2.30. The first-order valence-corrected chi connectivity index (χ1v) is 9.37. The summed E-state index contributed by atoms with van der Waals surface area (Å²) in [5.74, 6) is 0.210. The molecule has 1 aliphatic heterocycles. The Balaban J connectivity index is 1.95. The van der Waals surface area contributed by atoms with Crippen molar-refractivity contribution in [1.29, 1.82) is 0 Å². The maximum absolute atomic E-state index is 12.8. The molecule has 1 aliphatic rings. The van der Waals surface area contributed by atoms with Crippen LogP contribution in [-0.4, -0.2) is 24.9 Å². The number of ketones is 1. The third kappa shape index (κ3) is 3.46. The van der Waals surface area contributed by atoms with Gasteiger partial charge in [0.15, 0.2) is 5.78 Å². The number of carbonyl (C=O) groups excluding carboxylic acids is 1. The quantitative estimate of drug-likeness (QED) is 0.858. The van der Waals surface area contributed by atoms with Gasteiger partial charge in [-0.2, -0.15) is 22.7 Å². The molecule has 114 valence electrons. The fraction of sp³-hybridized carbons (Fsp3) is 0.278. The van der Waals surface area contributed by atoms with E-state index in [2.05, 4.69) is 59.7 Å². The second kappa shape index (κ2) is 6.73. The van der Waals surface area contributed by atoms with Crippen LogP contribution < -0.4 is 4.90 Å². The summed E-state index contributed by atoms with van der Waals surface area (Å²) in [5, 5.41) is 8.28. The van der Waals surface area contributed by atoms with Crippen LogP contribution in [0.1, 0.15) is 25.0 Å². The van der Waals surface area contributed by atoms with Crippen molar-refractivity contribution in [2.24, 2.45) is 0 Å². The van der Waals surface area contributed by atoms with Crippen LogP contribution in [-0.2, 0) is 4.79 Å². The van der Waals surface area contributed by atoms with Gasteiger partial charge in [-0.3, -0.25) is 4.79 Å². The standard InChI is InChI=1S/C18H19NOS2/c1-13(2)19-9-16(7-14-3-5-21-11-14)18(20)17(10-19)8-15-4-6-22-12-15/h3-8,11-13H,9-10H2,1-2H3/p+1. The summed E-state index contributed by atoms with van der Waals surface area (Å²) in [6.07, 6.45) is 4.11. The lowest BCUT2D eigenvalue weighted by molar-refractivity contribution is -0.912. The van der Waals surface area contributed by atoms with Crippen molar-refractivity contribution < 1.29 is 9.69 Å². The Bertz CT molecular complexity index is 637. The molecule has 2 aromatic heterocycles. The zero-order valence-electron chi connectivity index (χ0n) is 12.8. The van der Waals surface area contributed by atoms with E-state index < -0.39 is 0 Å². The lowest BCUT2D eigenvalue weighted by atomic mass is 9.94. The van der Waals surface area contributed by atoms with Crippen LogP contribution in [0.15, 0.2) is 44.8 Å². The van der Waals surface area contributed by atoms with Gasteiger partial charge in [0.1, 0.15) is 13.1 Å². The van der Waals surface area contributed by atoms with Crippen molar-refractivity contribution in [3.63, 3.8) is 0 Å². The second-order valence-electron chi connectivity index (χ2n) is 5.95. The minimum Gasteiger partial charge on any atom is -0.325 e. The summed E-state index contributed by atoms with van der Waals surface area (Å²) in [5.41, 5.74) is 4.12. The van der Waals surface area contributed by atoms with Crippen LogP contribution >= 0.6 is 22.7 Å². The van der Waals surface area contributed by atoms with Crippen molar-refractivity contribution in [1.82, 2.24) is 0 Å². The Hall–Kier alpha value is -1.49. The average Bonchev–Trinajstić information content (AvgIpc) is 3.16. The van der Waals surface area contributed by atoms with Gasteiger partial charge in [0, 0.05) is 0 Å². The molecule has 3 heterocycles. The predicted octanol–water partition coefficient (Wildman–Crippen LogP) is 3.15. The molecule has 2 aromatic rings. The number of piperidine rings is 1. The molecule has 0 bridgehead atoms. The highest BCUT2D eigenvalue weighted by Crippen LogP contribution is 2.18. The van der Waals surface area contributed by atoms with E-state index >= 15 is 0 Å². The van der Waals surface area contributed by atoms with E-state index in [0.29, 0.717) is 6.04 Å². The van der Waals surface area contributed by atoms with E-state index in [1.54, 1.807) is 22.7 Å². The number of carbonyl (C=O) groups is 1. The van der Waals surface area contributed by atoms with Gasteiger partial charge >= 0.3 is 0 Å². The molecule has 0 aliphatic carbocycles. The van der Waals surface area contributed by atoms with E-state index in [-0.39, 0.29) is 5.78 Å². The van der Waals surface area contributed by atoms with Gasteiger partial charge in [0.25, 0.3) is 0 Å². The van der Waals surface area contributed by atoms with E-state index in [1.807, 2.05) is 0 Å². The maximum Gasteiger partial charge on any atom is 0.196 e. The molecule has 0 spiro atoms. The zero-order valence-corrected chi connectivity index (χ0v) is 14.5. The molecule has 0 aromatic carbocycles. The lowest BCUT2D eigenvalue weighted by Gasteiger charge is -2.29. The van der Waals surface area contributed by atoms with E-state index in [4.69, 9.17) is 0 Å². The molecule has 3 rings (SSSR count). The first-order chi connectivity index (χ1) is 10.6. The summed E-state index contributed by atoms with van der Waals surface area (Å²) >= 11 is 3.33. The lowest BCUT2D eigenvalue weighted by Crippen LogP contribution is -3.16. The van der Waals surface area contributed by atoms with Gasteiger partial charge in [0.05, 0.1) is 17.2 Å². The Kier molecular flexibility index (Phi) is 4.71. The monoisotopic (exact) mass is 330 g/mol. The van der Waals surface area contributed by atoms with Gasteiger partial charge < -0.3 is 4.90 Å². The Morgan fingerprint density at radius 1 is 1.00 bits per heavy atom. The average molecular weight is 330 g/mol. The van der Waals surface area contributed by atoms with Gasteiger partial charge in [-0.15, -0.1) is 0 Å². The Morgan fingerprint density at radius 2 is 1.50 bits per heavy atom. The number of hydrogen-bond acceptors (Lipinski definition) is 3. The number of hydrogen-bond donors (Lipinski definition) is 1. The van der Waals surface area contributed by atoms with E-state index in [0.717, 1.165) is 35.4 Å². The molecule has 1 saturated heterocycles. The summed E-state index contributed by atoms with van der Waals surface area (Å²) in [4.78, 5) is 14.2. The van der Waals surface area contributed by atoms with Crippen LogP contribution in [0.25, 0.3) is 12.2 Å². The first kappa shape index (κ1) is 15.4. The molecule has 0 unspecified atom stereocenters. The molecule has 1 fully saturated rings. The number of thiophene rings is 2. The molecule has 0 saturated carbocycles. The molecular formula is C18H20NOS2+. The fourth-order valence-electron chi connectivity index (χ4n) is 2.68. The molecule has 1 N–H and O–H groups in total. The van der Waals surface area contributed by atoms with Crippen molar-refractivity contribution in [2.45, 2.75) is 19.9 Å². The van der Waals surface area contributed by atoms with Crippen LogP contribution in [0.5, 0.6) is 0 Å².